The van der Waals surface area contributed by atoms with Crippen LogP contribution in [0, 0.1) is 3.70 Å². The zero-order valence-corrected chi connectivity index (χ0v) is 24.6. The van der Waals surface area contributed by atoms with Crippen molar-refractivity contribution in [1.82, 2.24) is 29.3 Å². The molecule has 0 radical (unpaired) electrons. The van der Waals surface area contributed by atoms with Crippen molar-refractivity contribution in [2.75, 3.05) is 11.9 Å². The van der Waals surface area contributed by atoms with Crippen LogP contribution in [0.25, 0.3) is 21.8 Å². The Labute approximate surface area is 239 Å². The lowest BCUT2D eigenvalue weighted by atomic mass is 9.83. The van der Waals surface area contributed by atoms with Gasteiger partial charge in [0, 0.05) is 37.8 Å². The highest BCUT2D eigenvalue weighted by Gasteiger charge is 2.31. The molecule has 39 heavy (non-hydrogen) atoms. The first kappa shape index (κ1) is 26.1. The molecule has 0 fully saturated rings. The summed E-state index contributed by atoms with van der Waals surface area (Å²) in [5.74, 6) is 1.43. The van der Waals surface area contributed by atoms with Gasteiger partial charge in [0.25, 0.3) is 0 Å². The third-order valence-electron chi connectivity index (χ3n) is 7.80. The number of hydrogen-bond donors (Lipinski definition) is 3. The molecule has 0 spiro atoms. The maximum absolute atomic E-state index is 11.5. The Hall–Kier alpha value is -3.16. The summed E-state index contributed by atoms with van der Waals surface area (Å²) in [6.07, 6.45) is 3.45. The van der Waals surface area contributed by atoms with E-state index >= 15 is 0 Å². The molecule has 2 aromatic carbocycles. The zero-order chi connectivity index (χ0) is 27.5. The van der Waals surface area contributed by atoms with Gasteiger partial charge >= 0.3 is 0 Å². The maximum atomic E-state index is 11.5. The van der Waals surface area contributed by atoms with Gasteiger partial charge in [0.05, 0.1) is 35.0 Å². The summed E-state index contributed by atoms with van der Waals surface area (Å²) < 4.78 is 12.2. The van der Waals surface area contributed by atoms with Crippen LogP contribution in [0.5, 0.6) is 5.88 Å². The Bertz CT molecular complexity index is 1700. The molecule has 204 valence electrons. The molecule has 1 aliphatic heterocycles. The van der Waals surface area contributed by atoms with Crippen LogP contribution >= 0.6 is 22.6 Å². The van der Waals surface area contributed by atoms with E-state index in [1.807, 2.05) is 59.9 Å². The van der Waals surface area contributed by atoms with E-state index in [2.05, 4.69) is 43.2 Å². The van der Waals surface area contributed by atoms with E-state index in [-0.39, 0.29) is 0 Å². The van der Waals surface area contributed by atoms with E-state index in [0.29, 0.717) is 25.3 Å². The van der Waals surface area contributed by atoms with E-state index in [1.165, 1.54) is 0 Å². The average molecular weight is 642 g/mol. The molecule has 0 saturated heterocycles. The molecule has 2 unspecified atom stereocenters. The lowest BCUT2D eigenvalue weighted by Gasteiger charge is -2.30. The van der Waals surface area contributed by atoms with Gasteiger partial charge in [-0.05, 0) is 84.7 Å². The minimum Gasteiger partial charge on any atom is -0.476 e. The van der Waals surface area contributed by atoms with E-state index in [4.69, 9.17) is 4.74 Å². The second-order valence-corrected chi connectivity index (χ2v) is 11.8. The number of halogens is 1. The first-order chi connectivity index (χ1) is 18.5. The Morgan fingerprint density at radius 2 is 1.56 bits per heavy atom. The van der Waals surface area contributed by atoms with E-state index in [1.54, 1.807) is 24.7 Å². The molecule has 1 aliphatic rings. The number of anilines is 2. The number of nitrogens with one attached hydrogen (secondary N) is 1. The molecule has 3 N–H and O–H groups in total. The number of benzene rings is 2. The molecular weight excluding hydrogens is 609 g/mol. The number of aliphatic hydroxyl groups is 2. The summed E-state index contributed by atoms with van der Waals surface area (Å²) >= 11 is 2.22. The Morgan fingerprint density at radius 3 is 2.26 bits per heavy atom. The molecule has 0 aliphatic carbocycles. The van der Waals surface area contributed by atoms with Crippen LogP contribution in [-0.4, -0.2) is 46.2 Å². The van der Waals surface area contributed by atoms with E-state index < -0.39 is 11.2 Å². The van der Waals surface area contributed by atoms with Gasteiger partial charge in [-0.1, -0.05) is 12.1 Å². The minimum absolute atomic E-state index is 0.370. The lowest BCUT2D eigenvalue weighted by Crippen LogP contribution is -2.28. The van der Waals surface area contributed by atoms with Crippen LogP contribution < -0.4 is 10.1 Å². The van der Waals surface area contributed by atoms with E-state index in [9.17, 15) is 10.2 Å². The van der Waals surface area contributed by atoms with Gasteiger partial charge < -0.3 is 20.3 Å². The van der Waals surface area contributed by atoms with Crippen molar-refractivity contribution in [3.8, 4) is 5.88 Å². The lowest BCUT2D eigenvalue weighted by molar-refractivity contribution is -0.00764. The number of ether oxygens (including phenoxy) is 1. The number of aryl methyl sites for hydroxylation is 3. The monoisotopic (exact) mass is 641 g/mol. The molecule has 0 saturated carbocycles. The number of hydrogen-bond acceptors (Lipinski definition) is 7. The summed E-state index contributed by atoms with van der Waals surface area (Å²) in [7, 11) is 3.79. The van der Waals surface area contributed by atoms with Crippen LogP contribution in [0.2, 0.25) is 0 Å². The summed E-state index contributed by atoms with van der Waals surface area (Å²) in [6, 6.07) is 11.8. The largest absolute Gasteiger partial charge is 0.476 e. The van der Waals surface area contributed by atoms with Crippen molar-refractivity contribution in [1.29, 1.82) is 0 Å². The summed E-state index contributed by atoms with van der Waals surface area (Å²) in [5.41, 5.74) is 1.94. The first-order valence-electron chi connectivity index (χ1n) is 13.0. The first-order valence-corrected chi connectivity index (χ1v) is 14.1. The van der Waals surface area contributed by atoms with Gasteiger partial charge in [0.1, 0.15) is 9.39 Å². The normalized spacial score (nSPS) is 16.6. The Balaban J connectivity index is 1.22. The van der Waals surface area contributed by atoms with Crippen molar-refractivity contribution in [3.05, 3.63) is 57.4 Å². The van der Waals surface area contributed by atoms with Gasteiger partial charge in [-0.25, -0.2) is 4.68 Å². The smallest absolute Gasteiger partial charge is 0.236 e. The quantitative estimate of drug-likeness (QED) is 0.221. The van der Waals surface area contributed by atoms with Crippen LogP contribution in [0.1, 0.15) is 44.2 Å². The second-order valence-electron chi connectivity index (χ2n) is 10.8. The van der Waals surface area contributed by atoms with Gasteiger partial charge in [0.15, 0.2) is 5.82 Å². The van der Waals surface area contributed by atoms with Gasteiger partial charge in [-0.2, -0.15) is 15.3 Å². The highest BCUT2D eigenvalue weighted by Crippen LogP contribution is 2.37. The van der Waals surface area contributed by atoms with Crippen molar-refractivity contribution in [3.63, 3.8) is 0 Å². The number of aromatic nitrogens is 6. The Morgan fingerprint density at radius 1 is 0.949 bits per heavy atom. The fourth-order valence-corrected chi connectivity index (χ4v) is 6.07. The highest BCUT2D eigenvalue weighted by atomic mass is 127. The molecule has 4 heterocycles. The molecule has 0 bridgehead atoms. The molecule has 3 aromatic heterocycles. The fraction of sp³-hybridized carbons (Fsp3) is 0.393. The standard InChI is InChI=1S/C28H32IN7O3/c1-27(37,17-6-8-19-22(14-17)34(3)32-24(19)29)10-11-28(2,38)18-7-9-20-23(15-18)35(4)33-25(20)31-21-16-30-36-12-5-13-39-26(21)36/h6-9,14-16,37-38H,5,10-13H2,1-4H3,(H,31,33). The molecule has 2 atom stereocenters. The van der Waals surface area contributed by atoms with Crippen molar-refractivity contribution in [2.24, 2.45) is 14.1 Å². The van der Waals surface area contributed by atoms with Crippen molar-refractivity contribution < 1.29 is 14.9 Å². The predicted molar refractivity (Wildman–Crippen MR) is 158 cm³/mol. The molecule has 5 aromatic rings. The van der Waals surface area contributed by atoms with E-state index in [0.717, 1.165) is 61.2 Å². The van der Waals surface area contributed by atoms with Gasteiger partial charge in [-0.3, -0.25) is 9.36 Å². The maximum Gasteiger partial charge on any atom is 0.236 e. The third-order valence-corrected chi connectivity index (χ3v) is 8.59. The number of fused-ring (bicyclic) bond motifs is 3. The minimum atomic E-state index is -1.15. The summed E-state index contributed by atoms with van der Waals surface area (Å²) in [4.78, 5) is 0. The van der Waals surface area contributed by atoms with Crippen LogP contribution in [-0.2, 0) is 31.8 Å². The molecule has 6 rings (SSSR count). The van der Waals surface area contributed by atoms with Crippen molar-refractivity contribution in [2.45, 2.75) is 50.9 Å². The molecular formula is C28H32IN7O3. The van der Waals surface area contributed by atoms with Crippen molar-refractivity contribution >= 4 is 55.9 Å². The summed E-state index contributed by atoms with van der Waals surface area (Å²) in [6.45, 7) is 5.10. The topological polar surface area (TPSA) is 115 Å². The number of rotatable bonds is 7. The zero-order valence-electron chi connectivity index (χ0n) is 22.4. The molecule has 11 heteroatoms. The predicted octanol–water partition coefficient (Wildman–Crippen LogP) is 4.68. The second kappa shape index (κ2) is 9.49. The molecule has 10 nitrogen and oxygen atoms in total. The highest BCUT2D eigenvalue weighted by molar-refractivity contribution is 14.1. The van der Waals surface area contributed by atoms with Crippen LogP contribution in [0.4, 0.5) is 11.5 Å². The van der Waals surface area contributed by atoms with Crippen LogP contribution in [0.3, 0.4) is 0 Å². The fourth-order valence-electron chi connectivity index (χ4n) is 5.29. The van der Waals surface area contributed by atoms with Gasteiger partial charge in [-0.15, -0.1) is 0 Å². The number of nitrogens with zero attached hydrogens (tertiary/aromatic N) is 6. The SMILES string of the molecule is Cn1nc(I)c2ccc(C(C)(O)CCC(C)(O)c3ccc4c(Nc5cnn6c5OCCC6)nn(C)c4c3)cc21. The van der Waals surface area contributed by atoms with Crippen LogP contribution in [0.15, 0.2) is 42.6 Å². The van der Waals surface area contributed by atoms with Gasteiger partial charge in [0.2, 0.25) is 5.88 Å². The molecule has 0 amide bonds. The Kier molecular flexibility index (Phi) is 6.35. The summed E-state index contributed by atoms with van der Waals surface area (Å²) in [5, 5.41) is 41.8. The average Bonchev–Trinajstić information content (AvgIpc) is 3.56. The third kappa shape index (κ3) is 4.66.